The van der Waals surface area contributed by atoms with E-state index >= 15 is 0 Å². The fourth-order valence-electron chi connectivity index (χ4n) is 2.77. The average molecular weight is 355 g/mol. The maximum Gasteiger partial charge on any atom is 0.339 e. The zero-order chi connectivity index (χ0) is 17.9. The summed E-state index contributed by atoms with van der Waals surface area (Å²) in [5.41, 5.74) is 0.623. The summed E-state index contributed by atoms with van der Waals surface area (Å²) in [6.07, 6.45) is 0.554. The van der Waals surface area contributed by atoms with Crippen molar-refractivity contribution in [1.29, 1.82) is 0 Å². The summed E-state index contributed by atoms with van der Waals surface area (Å²) in [6.45, 7) is 2.57. The molecule has 130 valence electrons. The lowest BCUT2D eigenvalue weighted by Crippen LogP contribution is -2.47. The number of benzene rings is 1. The smallest absolute Gasteiger partial charge is 0.339 e. The molecule has 1 saturated heterocycles. The predicted molar refractivity (Wildman–Crippen MR) is 88.3 cm³/mol. The van der Waals surface area contributed by atoms with Crippen LogP contribution in [0.3, 0.4) is 0 Å². The van der Waals surface area contributed by atoms with Gasteiger partial charge in [0.05, 0.1) is 23.6 Å². The lowest BCUT2D eigenvalue weighted by Gasteiger charge is -2.34. The minimum Gasteiger partial charge on any atom is -0.481 e. The van der Waals surface area contributed by atoms with Crippen LogP contribution >= 0.6 is 11.6 Å². The molecule has 2 atom stereocenters. The van der Waals surface area contributed by atoms with Crippen molar-refractivity contribution in [2.45, 2.75) is 13.3 Å². The van der Waals surface area contributed by atoms with E-state index in [9.17, 15) is 14.4 Å². The van der Waals surface area contributed by atoms with Gasteiger partial charge in [-0.2, -0.15) is 0 Å². The first-order valence-corrected chi connectivity index (χ1v) is 7.86. The third kappa shape index (κ3) is 4.17. The van der Waals surface area contributed by atoms with E-state index in [1.54, 1.807) is 0 Å². The summed E-state index contributed by atoms with van der Waals surface area (Å²) in [4.78, 5) is 36.5. The molecule has 1 heterocycles. The van der Waals surface area contributed by atoms with E-state index in [0.29, 0.717) is 18.7 Å². The number of carbonyl (C=O) groups is 3. The molecule has 1 aromatic carbocycles. The molecule has 24 heavy (non-hydrogen) atoms. The number of likely N-dealkylation sites (tertiary alicyclic amines) is 1. The van der Waals surface area contributed by atoms with E-state index in [0.717, 1.165) is 0 Å². The number of nitrogens with one attached hydrogen (secondary N) is 1. The number of halogens is 1. The number of amides is 2. The van der Waals surface area contributed by atoms with Crippen LogP contribution < -0.4 is 5.32 Å². The zero-order valence-electron chi connectivity index (χ0n) is 13.4. The van der Waals surface area contributed by atoms with Crippen molar-refractivity contribution in [2.75, 3.05) is 25.5 Å². The molecule has 0 radical (unpaired) electrons. The lowest BCUT2D eigenvalue weighted by atomic mass is 9.91. The fraction of sp³-hybridized carbons (Fsp3) is 0.438. The van der Waals surface area contributed by atoms with Crippen molar-refractivity contribution in [3.63, 3.8) is 0 Å². The average Bonchev–Trinajstić information content (AvgIpc) is 2.53. The summed E-state index contributed by atoms with van der Waals surface area (Å²) in [6, 6.07) is 4.06. The fourth-order valence-corrected chi connectivity index (χ4v) is 3.02. The van der Waals surface area contributed by atoms with E-state index < -0.39 is 23.9 Å². The Kier molecular flexibility index (Phi) is 5.66. The summed E-state index contributed by atoms with van der Waals surface area (Å²) in [5.74, 6) is -1.92. The van der Waals surface area contributed by atoms with Gasteiger partial charge in [0, 0.05) is 18.8 Å². The van der Waals surface area contributed by atoms with Crippen LogP contribution in [-0.2, 0) is 9.53 Å². The first-order valence-electron chi connectivity index (χ1n) is 7.48. The van der Waals surface area contributed by atoms with Crippen LogP contribution in [0.1, 0.15) is 23.7 Å². The Balaban J connectivity index is 2.07. The molecule has 0 bridgehead atoms. The summed E-state index contributed by atoms with van der Waals surface area (Å²) in [5, 5.41) is 12.0. The van der Waals surface area contributed by atoms with E-state index in [1.165, 1.54) is 30.2 Å². The molecule has 0 spiro atoms. The molecule has 2 rings (SSSR count). The number of carboxylic acid groups (broad SMARTS) is 1. The predicted octanol–water partition coefficient (Wildman–Crippen LogP) is 2.70. The quantitative estimate of drug-likeness (QED) is 0.813. The molecule has 0 aliphatic carbocycles. The first kappa shape index (κ1) is 18.1. The zero-order valence-corrected chi connectivity index (χ0v) is 14.2. The molecule has 1 aromatic rings. The van der Waals surface area contributed by atoms with Gasteiger partial charge in [0.2, 0.25) is 0 Å². The molecular formula is C16H19ClN2O5. The minimum absolute atomic E-state index is 0.107. The van der Waals surface area contributed by atoms with Crippen molar-refractivity contribution < 1.29 is 24.2 Å². The summed E-state index contributed by atoms with van der Waals surface area (Å²) < 4.78 is 4.60. The van der Waals surface area contributed by atoms with E-state index in [1.807, 2.05) is 6.92 Å². The first-order chi connectivity index (χ1) is 11.3. The van der Waals surface area contributed by atoms with Crippen molar-refractivity contribution in [3.8, 4) is 0 Å². The van der Waals surface area contributed by atoms with E-state index in [-0.39, 0.29) is 23.0 Å². The van der Waals surface area contributed by atoms with Gasteiger partial charge in [0.1, 0.15) is 0 Å². The Hall–Kier alpha value is -2.28. The monoisotopic (exact) mass is 354 g/mol. The van der Waals surface area contributed by atoms with Gasteiger partial charge in [-0.25, -0.2) is 9.59 Å². The third-order valence-electron chi connectivity index (χ3n) is 3.92. The van der Waals surface area contributed by atoms with Gasteiger partial charge in [0.15, 0.2) is 0 Å². The maximum absolute atomic E-state index is 12.4. The number of aliphatic carboxylic acids is 1. The van der Waals surface area contributed by atoms with Crippen LogP contribution in [0, 0.1) is 11.8 Å². The number of hydrogen-bond acceptors (Lipinski definition) is 4. The highest BCUT2D eigenvalue weighted by Crippen LogP contribution is 2.24. The van der Waals surface area contributed by atoms with Crippen molar-refractivity contribution in [1.82, 2.24) is 4.90 Å². The van der Waals surface area contributed by atoms with Crippen molar-refractivity contribution >= 4 is 35.3 Å². The van der Waals surface area contributed by atoms with Crippen molar-refractivity contribution in [3.05, 3.63) is 28.8 Å². The van der Waals surface area contributed by atoms with Crippen LogP contribution in [0.15, 0.2) is 18.2 Å². The van der Waals surface area contributed by atoms with Gasteiger partial charge in [-0.3, -0.25) is 4.79 Å². The number of anilines is 1. The normalized spacial score (nSPS) is 20.4. The Bertz CT molecular complexity index is 664. The number of carboxylic acids is 1. The number of esters is 1. The standard InChI is InChI=1S/C16H19ClN2O5/c1-9-5-10(14(20)21)8-19(7-9)16(23)18-11-3-4-12(13(17)6-11)15(22)24-2/h3-4,6,9-10H,5,7-8H2,1-2H3,(H,18,23)(H,20,21). The van der Waals surface area contributed by atoms with Gasteiger partial charge in [-0.05, 0) is 30.5 Å². The van der Waals surface area contributed by atoms with E-state index in [2.05, 4.69) is 10.1 Å². The SMILES string of the molecule is COC(=O)c1ccc(NC(=O)N2CC(C)CC(C(=O)O)C2)cc1Cl. The number of ether oxygens (including phenoxy) is 1. The molecule has 2 unspecified atom stereocenters. The van der Waals surface area contributed by atoms with Gasteiger partial charge in [-0.1, -0.05) is 18.5 Å². The van der Waals surface area contributed by atoms with Crippen LogP contribution in [0.25, 0.3) is 0 Å². The Morgan fingerprint density at radius 3 is 2.62 bits per heavy atom. The highest BCUT2D eigenvalue weighted by atomic mass is 35.5. The number of nitrogens with zero attached hydrogens (tertiary/aromatic N) is 1. The van der Waals surface area contributed by atoms with Crippen molar-refractivity contribution in [2.24, 2.45) is 11.8 Å². The second-order valence-corrected chi connectivity index (χ2v) is 6.30. The van der Waals surface area contributed by atoms with Crippen LogP contribution in [0.5, 0.6) is 0 Å². The molecule has 7 nitrogen and oxygen atoms in total. The molecule has 1 aliphatic rings. The lowest BCUT2D eigenvalue weighted by molar-refractivity contribution is -0.143. The second kappa shape index (κ2) is 7.53. The van der Waals surface area contributed by atoms with Crippen LogP contribution in [0.4, 0.5) is 10.5 Å². The highest BCUT2D eigenvalue weighted by Gasteiger charge is 2.32. The second-order valence-electron chi connectivity index (χ2n) is 5.90. The number of methoxy groups -OCH3 is 1. The molecule has 0 saturated carbocycles. The number of hydrogen-bond donors (Lipinski definition) is 2. The molecule has 2 amide bonds. The van der Waals surface area contributed by atoms with Crippen LogP contribution in [0.2, 0.25) is 5.02 Å². The minimum atomic E-state index is -0.898. The molecule has 1 fully saturated rings. The molecule has 1 aliphatic heterocycles. The van der Waals surface area contributed by atoms with Gasteiger partial charge >= 0.3 is 18.0 Å². The Morgan fingerprint density at radius 2 is 2.04 bits per heavy atom. The van der Waals surface area contributed by atoms with Gasteiger partial charge in [-0.15, -0.1) is 0 Å². The topological polar surface area (TPSA) is 95.9 Å². The van der Waals surface area contributed by atoms with Crippen LogP contribution in [-0.4, -0.2) is 48.2 Å². The number of urea groups is 1. The molecule has 0 aromatic heterocycles. The van der Waals surface area contributed by atoms with Gasteiger partial charge in [0.25, 0.3) is 0 Å². The summed E-state index contributed by atoms with van der Waals surface area (Å²) >= 11 is 6.02. The summed E-state index contributed by atoms with van der Waals surface area (Å²) in [7, 11) is 1.25. The number of piperidine rings is 1. The number of rotatable bonds is 3. The molecule has 8 heteroatoms. The number of carbonyl (C=O) groups excluding carboxylic acids is 2. The molecule has 2 N–H and O–H groups in total. The highest BCUT2D eigenvalue weighted by molar-refractivity contribution is 6.33. The molecular weight excluding hydrogens is 336 g/mol. The van der Waals surface area contributed by atoms with Gasteiger partial charge < -0.3 is 20.1 Å². The van der Waals surface area contributed by atoms with E-state index in [4.69, 9.17) is 16.7 Å². The Morgan fingerprint density at radius 1 is 1.33 bits per heavy atom. The largest absolute Gasteiger partial charge is 0.481 e. The third-order valence-corrected chi connectivity index (χ3v) is 4.23. The Labute approximate surface area is 144 Å². The maximum atomic E-state index is 12.4.